The maximum Gasteiger partial charge on any atom is 0.253 e. The Hall–Kier alpha value is -3.55. The van der Waals surface area contributed by atoms with E-state index in [1.807, 2.05) is 60.8 Å². The first-order chi connectivity index (χ1) is 15.9. The second kappa shape index (κ2) is 8.10. The van der Waals surface area contributed by atoms with Gasteiger partial charge in [0, 0.05) is 24.2 Å². The maximum atomic E-state index is 12.2. The summed E-state index contributed by atoms with van der Waals surface area (Å²) in [5.74, 6) is 0.122. The van der Waals surface area contributed by atoms with E-state index < -0.39 is 5.60 Å². The van der Waals surface area contributed by atoms with Crippen LogP contribution >= 0.6 is 0 Å². The van der Waals surface area contributed by atoms with Gasteiger partial charge < -0.3 is 20.1 Å². The fourth-order valence-electron chi connectivity index (χ4n) is 4.31. The first kappa shape index (κ1) is 21.3. The first-order valence-corrected chi connectivity index (χ1v) is 11.0. The summed E-state index contributed by atoms with van der Waals surface area (Å²) in [6.45, 7) is 1.51. The Bertz CT molecular complexity index is 1370. The van der Waals surface area contributed by atoms with Crippen LogP contribution in [0.15, 0.2) is 65.6 Å². The molecule has 0 aliphatic heterocycles. The number of aliphatic hydroxyl groups excluding tert-OH is 1. The Kier molecular flexibility index (Phi) is 5.23. The van der Waals surface area contributed by atoms with Crippen LogP contribution in [0.3, 0.4) is 0 Å². The number of aliphatic hydroxyl groups is 1. The number of hydrogen-bond donors (Lipinski definition) is 2. The molecule has 2 aromatic carbocycles. The predicted octanol–water partition coefficient (Wildman–Crippen LogP) is 3.30. The van der Waals surface area contributed by atoms with Crippen LogP contribution in [0.4, 0.5) is 5.95 Å². The zero-order chi connectivity index (χ0) is 23.2. The molecule has 2 aromatic heterocycles. The summed E-state index contributed by atoms with van der Waals surface area (Å²) in [5.41, 5.74) is 9.38. The number of anilines is 1. The summed E-state index contributed by atoms with van der Waals surface area (Å²) in [6, 6.07) is 17.3. The Morgan fingerprint density at radius 3 is 2.55 bits per heavy atom. The van der Waals surface area contributed by atoms with Crippen molar-refractivity contribution < 1.29 is 9.84 Å². The number of nitrogens with zero attached hydrogens (tertiary/aromatic N) is 3. The van der Waals surface area contributed by atoms with Crippen LogP contribution in [0.2, 0.25) is 0 Å². The standard InChI is InChI=1S/C26H26N4O3/c1-16-12-18(14-30(2)24(16)32)17-8-11-22-21(13-17)23(29-25(27)28-22)26(15-31,33-20-9-10-20)19-6-4-3-5-7-19/h3-8,11-14,20,31H,9-10,15H2,1-2H3,(H2,27,28,29). The van der Waals surface area contributed by atoms with E-state index in [4.69, 9.17) is 10.5 Å². The molecule has 7 heteroatoms. The van der Waals surface area contributed by atoms with Gasteiger partial charge in [-0.2, -0.15) is 0 Å². The number of benzene rings is 2. The zero-order valence-electron chi connectivity index (χ0n) is 18.7. The van der Waals surface area contributed by atoms with Gasteiger partial charge in [0.15, 0.2) is 5.60 Å². The van der Waals surface area contributed by atoms with Crippen molar-refractivity contribution in [3.63, 3.8) is 0 Å². The molecule has 0 spiro atoms. The van der Waals surface area contributed by atoms with Gasteiger partial charge in [0.05, 0.1) is 23.9 Å². The molecule has 4 aromatic rings. The lowest BCUT2D eigenvalue weighted by molar-refractivity contribution is -0.0671. The van der Waals surface area contributed by atoms with Crippen LogP contribution in [-0.2, 0) is 17.4 Å². The number of nitrogen functional groups attached to an aromatic ring is 1. The van der Waals surface area contributed by atoms with Gasteiger partial charge >= 0.3 is 0 Å². The van der Waals surface area contributed by atoms with Crippen molar-refractivity contribution in [3.05, 3.63) is 88.0 Å². The van der Waals surface area contributed by atoms with Gasteiger partial charge in [0.2, 0.25) is 5.95 Å². The third kappa shape index (κ3) is 3.79. The van der Waals surface area contributed by atoms with E-state index in [2.05, 4.69) is 9.97 Å². The topological polar surface area (TPSA) is 103 Å². The number of aromatic nitrogens is 3. The summed E-state index contributed by atoms with van der Waals surface area (Å²) in [7, 11) is 1.74. The molecule has 1 aliphatic carbocycles. The maximum absolute atomic E-state index is 12.2. The van der Waals surface area contributed by atoms with E-state index in [1.54, 1.807) is 18.5 Å². The molecule has 5 rings (SSSR count). The molecule has 0 amide bonds. The van der Waals surface area contributed by atoms with E-state index in [-0.39, 0.29) is 24.2 Å². The second-order valence-electron chi connectivity index (χ2n) is 8.66. The highest BCUT2D eigenvalue weighted by Gasteiger charge is 2.43. The van der Waals surface area contributed by atoms with E-state index in [0.29, 0.717) is 16.8 Å². The zero-order valence-corrected chi connectivity index (χ0v) is 18.7. The predicted molar refractivity (Wildman–Crippen MR) is 128 cm³/mol. The highest BCUT2D eigenvalue weighted by molar-refractivity contribution is 5.88. The average molecular weight is 443 g/mol. The number of hydrogen-bond acceptors (Lipinski definition) is 6. The molecule has 0 bridgehead atoms. The molecule has 168 valence electrons. The van der Waals surface area contributed by atoms with Gasteiger partial charge in [-0.3, -0.25) is 4.79 Å². The van der Waals surface area contributed by atoms with Crippen molar-refractivity contribution in [1.29, 1.82) is 0 Å². The fourth-order valence-corrected chi connectivity index (χ4v) is 4.31. The highest BCUT2D eigenvalue weighted by Crippen LogP contribution is 2.42. The molecule has 1 saturated carbocycles. The lowest BCUT2D eigenvalue weighted by Crippen LogP contribution is -2.37. The smallest absolute Gasteiger partial charge is 0.253 e. The van der Waals surface area contributed by atoms with Gasteiger partial charge in [0.1, 0.15) is 0 Å². The molecule has 2 heterocycles. The SMILES string of the molecule is Cc1cc(-c2ccc3nc(N)nc(C(CO)(OC4CC4)c4ccccc4)c3c2)cn(C)c1=O. The van der Waals surface area contributed by atoms with E-state index in [9.17, 15) is 9.90 Å². The minimum absolute atomic E-state index is 0.0301. The number of nitrogens with two attached hydrogens (primary N) is 1. The molecule has 1 unspecified atom stereocenters. The lowest BCUT2D eigenvalue weighted by atomic mass is 9.87. The molecule has 0 radical (unpaired) electrons. The average Bonchev–Trinajstić information content (AvgIpc) is 3.64. The molecule has 1 aliphatic rings. The first-order valence-electron chi connectivity index (χ1n) is 11.0. The number of aryl methyl sites for hydroxylation is 2. The Balaban J connectivity index is 1.77. The number of rotatable bonds is 6. The Morgan fingerprint density at radius 1 is 1.12 bits per heavy atom. The van der Waals surface area contributed by atoms with Crippen molar-refractivity contribution in [3.8, 4) is 11.1 Å². The van der Waals surface area contributed by atoms with Crippen LogP contribution in [0.5, 0.6) is 0 Å². The van der Waals surface area contributed by atoms with Gasteiger partial charge in [0.25, 0.3) is 5.56 Å². The van der Waals surface area contributed by atoms with Gasteiger partial charge in [-0.05, 0) is 54.7 Å². The Labute approximate surface area is 191 Å². The second-order valence-corrected chi connectivity index (χ2v) is 8.66. The van der Waals surface area contributed by atoms with Crippen molar-refractivity contribution in [2.45, 2.75) is 31.5 Å². The monoisotopic (exact) mass is 442 g/mol. The number of ether oxygens (including phenoxy) is 1. The van der Waals surface area contributed by atoms with Crippen LogP contribution in [0.25, 0.3) is 22.0 Å². The van der Waals surface area contributed by atoms with Gasteiger partial charge in [-0.15, -0.1) is 0 Å². The molecule has 3 N–H and O–H groups in total. The molecule has 0 saturated heterocycles. The van der Waals surface area contributed by atoms with Crippen LogP contribution in [0, 0.1) is 6.92 Å². The molecule has 1 fully saturated rings. The summed E-state index contributed by atoms with van der Waals surface area (Å²) < 4.78 is 8.07. The summed E-state index contributed by atoms with van der Waals surface area (Å²) in [6.07, 6.45) is 3.75. The van der Waals surface area contributed by atoms with Crippen LogP contribution in [-0.4, -0.2) is 32.4 Å². The molecule has 33 heavy (non-hydrogen) atoms. The van der Waals surface area contributed by atoms with Crippen molar-refractivity contribution in [1.82, 2.24) is 14.5 Å². The van der Waals surface area contributed by atoms with E-state index in [1.165, 1.54) is 0 Å². The summed E-state index contributed by atoms with van der Waals surface area (Å²) in [5, 5.41) is 11.5. The van der Waals surface area contributed by atoms with Gasteiger partial charge in [-0.25, -0.2) is 9.97 Å². The van der Waals surface area contributed by atoms with E-state index in [0.717, 1.165) is 34.9 Å². The van der Waals surface area contributed by atoms with Crippen LogP contribution < -0.4 is 11.3 Å². The largest absolute Gasteiger partial charge is 0.393 e. The fraction of sp³-hybridized carbons (Fsp3) is 0.269. The van der Waals surface area contributed by atoms with E-state index >= 15 is 0 Å². The minimum Gasteiger partial charge on any atom is -0.393 e. The molecular formula is C26H26N4O3. The Morgan fingerprint density at radius 2 is 1.88 bits per heavy atom. The quantitative estimate of drug-likeness (QED) is 0.475. The molecule has 1 atom stereocenters. The number of pyridine rings is 1. The third-order valence-electron chi connectivity index (χ3n) is 6.15. The van der Waals surface area contributed by atoms with Crippen molar-refractivity contribution >= 4 is 16.9 Å². The number of fused-ring (bicyclic) bond motifs is 1. The molecule has 7 nitrogen and oxygen atoms in total. The highest BCUT2D eigenvalue weighted by atomic mass is 16.5. The van der Waals surface area contributed by atoms with Crippen molar-refractivity contribution in [2.24, 2.45) is 7.05 Å². The van der Waals surface area contributed by atoms with Crippen molar-refractivity contribution in [2.75, 3.05) is 12.3 Å². The lowest BCUT2D eigenvalue weighted by Gasteiger charge is -2.33. The summed E-state index contributed by atoms with van der Waals surface area (Å²) in [4.78, 5) is 21.2. The van der Waals surface area contributed by atoms with Gasteiger partial charge in [-0.1, -0.05) is 36.4 Å². The third-order valence-corrected chi connectivity index (χ3v) is 6.15. The summed E-state index contributed by atoms with van der Waals surface area (Å²) >= 11 is 0. The minimum atomic E-state index is -1.17. The molecular weight excluding hydrogens is 416 g/mol. The normalized spacial score (nSPS) is 15.5. The van der Waals surface area contributed by atoms with Crippen LogP contribution in [0.1, 0.15) is 29.7 Å².